The van der Waals surface area contributed by atoms with Crippen LogP contribution in [0.1, 0.15) is 5.69 Å². The number of hydrogen-bond donors (Lipinski definition) is 5. The number of nitrogens with two attached hydrogens (primary N) is 3. The molecule has 1 aromatic heterocycles. The number of rotatable bonds is 8. The molecule has 1 aromatic rings. The third-order valence-electron chi connectivity index (χ3n) is 4.23. The molecule has 2 aliphatic rings. The number of carboxylic acids is 1. The van der Waals surface area contributed by atoms with Crippen molar-refractivity contribution >= 4 is 89.0 Å². The van der Waals surface area contributed by atoms with Crippen molar-refractivity contribution in [1.82, 2.24) is 15.3 Å². The van der Waals surface area contributed by atoms with Crippen LogP contribution in [0, 0.1) is 5.92 Å². The smallest absolute Gasteiger partial charge is 0.353 e. The number of carboxylic acid groups (broad SMARTS) is 1. The molecule has 0 spiro atoms. The maximum atomic E-state index is 13.1. The average molecular weight is 540 g/mol. The molecule has 0 radical (unpaired) electrons. The van der Waals surface area contributed by atoms with Crippen LogP contribution in [-0.4, -0.2) is 68.8 Å². The molecule has 1 saturated heterocycles. The summed E-state index contributed by atoms with van der Waals surface area (Å²) in [4.78, 5) is 47.5. The van der Waals surface area contributed by atoms with Crippen LogP contribution in [0.15, 0.2) is 32.0 Å². The summed E-state index contributed by atoms with van der Waals surface area (Å²) >= 11 is 2.12. The van der Waals surface area contributed by atoms with Gasteiger partial charge < -0.3 is 27.3 Å². The van der Waals surface area contributed by atoms with E-state index in [1.165, 1.54) is 12.5 Å². The number of nitrogens with zero attached hydrogens (tertiary/aromatic N) is 5. The van der Waals surface area contributed by atoms with E-state index in [9.17, 15) is 19.5 Å². The number of anilines is 1. The van der Waals surface area contributed by atoms with Crippen molar-refractivity contribution in [2.75, 3.05) is 12.8 Å². The Morgan fingerprint density at radius 3 is 2.64 bits per heavy atom. The zero-order valence-corrected chi connectivity index (χ0v) is 19.9. The Labute approximate surface area is 207 Å². The molecule has 18 heteroatoms. The minimum atomic E-state index is -1.40. The van der Waals surface area contributed by atoms with Crippen LogP contribution in [0.25, 0.3) is 0 Å². The fourth-order valence-corrected chi connectivity index (χ4v) is 4.86. The first-order valence-corrected chi connectivity index (χ1v) is 10.2. The van der Waals surface area contributed by atoms with E-state index in [2.05, 4.69) is 25.8 Å². The Morgan fingerprint density at radius 2 is 2.09 bits per heavy atom. The van der Waals surface area contributed by atoms with E-state index < -0.39 is 34.3 Å². The predicted octanol–water partition coefficient (Wildman–Crippen LogP) is -0.879. The molecule has 3 atom stereocenters. The molecule has 3 heterocycles. The Hall–Kier alpha value is -2.92. The number of thioether (sulfide) groups is 1. The van der Waals surface area contributed by atoms with E-state index in [-0.39, 0.29) is 52.6 Å². The van der Waals surface area contributed by atoms with Crippen molar-refractivity contribution in [3.8, 4) is 0 Å². The number of ketones is 1. The van der Waals surface area contributed by atoms with Gasteiger partial charge >= 0.3 is 5.97 Å². The number of nitrogen functional groups attached to an aromatic ring is 1. The van der Waals surface area contributed by atoms with Crippen LogP contribution < -0.4 is 22.7 Å². The summed E-state index contributed by atoms with van der Waals surface area (Å²) in [5.41, 5.74) is 13.7. The Balaban J connectivity index is 0.00000272. The SMILES string of the molecule is CO/N=C(\C(=O)C1C(=O)N2C(C(=O)O)=C(C=NNC=NN)C(N)S[C@H]12)c1csc(N)n1.Cl.Cl. The third-order valence-corrected chi connectivity index (χ3v) is 6.21. The number of Topliss-reactive ketones (excluding diaryl/α,β-unsaturated/α-hetero) is 1. The van der Waals surface area contributed by atoms with Gasteiger partial charge in [0, 0.05) is 11.0 Å². The summed E-state index contributed by atoms with van der Waals surface area (Å²) in [6.07, 6.45) is 2.21. The van der Waals surface area contributed by atoms with Crippen LogP contribution in [0.2, 0.25) is 0 Å². The van der Waals surface area contributed by atoms with Crippen molar-refractivity contribution in [2.24, 2.45) is 32.9 Å². The van der Waals surface area contributed by atoms with Gasteiger partial charge in [-0.1, -0.05) is 5.16 Å². The second-order valence-corrected chi connectivity index (χ2v) is 8.12. The van der Waals surface area contributed by atoms with Gasteiger partial charge in [-0.25, -0.2) is 9.78 Å². The summed E-state index contributed by atoms with van der Waals surface area (Å²) < 4.78 is 0. The summed E-state index contributed by atoms with van der Waals surface area (Å²) in [5.74, 6) is 0.918. The van der Waals surface area contributed by atoms with Crippen LogP contribution in [0.3, 0.4) is 0 Å². The van der Waals surface area contributed by atoms with E-state index in [1.54, 1.807) is 0 Å². The molecule has 1 fully saturated rings. The van der Waals surface area contributed by atoms with Gasteiger partial charge in [-0.2, -0.15) is 10.2 Å². The quantitative estimate of drug-likeness (QED) is 0.0680. The van der Waals surface area contributed by atoms with Gasteiger partial charge in [0.25, 0.3) is 0 Å². The molecule has 33 heavy (non-hydrogen) atoms. The van der Waals surface area contributed by atoms with Gasteiger partial charge in [-0.3, -0.25) is 19.9 Å². The maximum absolute atomic E-state index is 13.1. The number of halogens is 2. The van der Waals surface area contributed by atoms with Crippen molar-refractivity contribution < 1.29 is 24.3 Å². The average Bonchev–Trinajstić information content (AvgIpc) is 3.15. The highest BCUT2D eigenvalue weighted by Crippen LogP contribution is 2.46. The summed E-state index contributed by atoms with van der Waals surface area (Å²) in [6, 6.07) is 0. The molecule has 180 valence electrons. The number of thiazole rings is 1. The lowest BCUT2D eigenvalue weighted by atomic mass is 9.88. The van der Waals surface area contributed by atoms with Gasteiger partial charge in [0.1, 0.15) is 36.1 Å². The van der Waals surface area contributed by atoms with Crippen LogP contribution in [0.4, 0.5) is 5.13 Å². The zero-order chi connectivity index (χ0) is 22.7. The summed E-state index contributed by atoms with van der Waals surface area (Å²) in [6.45, 7) is 0. The first-order chi connectivity index (χ1) is 14.8. The molecule has 8 N–H and O–H groups in total. The van der Waals surface area contributed by atoms with Crippen LogP contribution >= 0.6 is 47.9 Å². The number of fused-ring (bicyclic) bond motifs is 1. The van der Waals surface area contributed by atoms with Gasteiger partial charge in [0.05, 0.1) is 11.6 Å². The lowest BCUT2D eigenvalue weighted by molar-refractivity contribution is -0.155. The topological polar surface area (TPSA) is 224 Å². The van der Waals surface area contributed by atoms with Crippen LogP contribution in [-0.2, 0) is 19.2 Å². The maximum Gasteiger partial charge on any atom is 0.353 e. The van der Waals surface area contributed by atoms with Crippen molar-refractivity contribution in [1.29, 1.82) is 0 Å². The molecular formula is C15H19Cl2N9O5S2. The highest BCUT2D eigenvalue weighted by atomic mass is 35.5. The molecule has 0 aliphatic carbocycles. The Kier molecular flexibility index (Phi) is 10.1. The second-order valence-electron chi connectivity index (χ2n) is 5.97. The predicted molar refractivity (Wildman–Crippen MR) is 128 cm³/mol. The van der Waals surface area contributed by atoms with Crippen molar-refractivity contribution in [3.63, 3.8) is 0 Å². The van der Waals surface area contributed by atoms with Gasteiger partial charge in [0.15, 0.2) is 10.8 Å². The van der Waals surface area contributed by atoms with E-state index in [0.29, 0.717) is 0 Å². The monoisotopic (exact) mass is 539 g/mol. The number of hydrogen-bond acceptors (Lipinski definition) is 13. The van der Waals surface area contributed by atoms with E-state index in [0.717, 1.165) is 40.6 Å². The molecule has 0 aromatic carbocycles. The number of oxime groups is 1. The normalized spacial score (nSPS) is 22.4. The molecule has 2 aliphatic heterocycles. The molecular weight excluding hydrogens is 521 g/mol. The summed E-state index contributed by atoms with van der Waals surface area (Å²) in [7, 11) is 1.24. The van der Waals surface area contributed by atoms with Crippen molar-refractivity contribution in [2.45, 2.75) is 10.7 Å². The number of β-lactam (4-membered cyclic amide) rings is 1. The number of hydrazone groups is 2. The molecule has 0 saturated carbocycles. The fourth-order valence-electron chi connectivity index (χ4n) is 2.97. The second kappa shape index (κ2) is 11.8. The Morgan fingerprint density at radius 1 is 1.39 bits per heavy atom. The number of nitrogens with one attached hydrogen (secondary N) is 1. The molecule has 0 bridgehead atoms. The highest BCUT2D eigenvalue weighted by molar-refractivity contribution is 8.00. The third kappa shape index (κ3) is 5.36. The fraction of sp³-hybridized carbons (Fsp3) is 0.267. The number of aromatic nitrogens is 1. The number of carbonyl (C=O) groups is 3. The first kappa shape index (κ1) is 28.1. The lowest BCUT2D eigenvalue weighted by Crippen LogP contribution is -2.66. The molecule has 14 nitrogen and oxygen atoms in total. The van der Waals surface area contributed by atoms with Crippen LogP contribution in [0.5, 0.6) is 0 Å². The molecule has 1 amide bonds. The number of carbonyl (C=O) groups excluding carboxylic acids is 2. The first-order valence-electron chi connectivity index (χ1n) is 8.40. The van der Waals surface area contributed by atoms with Gasteiger partial charge in [-0.15, -0.1) is 47.9 Å². The van der Waals surface area contributed by atoms with E-state index in [1.807, 2.05) is 0 Å². The largest absolute Gasteiger partial charge is 0.477 e. The van der Waals surface area contributed by atoms with Gasteiger partial charge in [-0.05, 0) is 0 Å². The molecule has 2 unspecified atom stereocenters. The standard InChI is InChI=1S/C15H17N9O5S2.2ClH/c1-29-23-8(6-3-30-15(17)22-6)10(25)7-12(26)24-9(14(27)28)5(2-20-21-4-19-18)11(16)31-13(7)24;;/h2-4,7,11,13H,16,18H2,1H3,(H2,17,22)(H,19,21)(H,27,28);2*1H/b20-2?,23-8-;;/t7?,11?,13-;;/m1../s1. The number of aliphatic carboxylic acids is 1. The van der Waals surface area contributed by atoms with E-state index in [4.69, 9.17) is 22.1 Å². The summed E-state index contributed by atoms with van der Waals surface area (Å²) in [5, 5.41) is 20.3. The minimum Gasteiger partial charge on any atom is -0.477 e. The Bertz CT molecular complexity index is 1040. The van der Waals surface area contributed by atoms with E-state index >= 15 is 0 Å². The van der Waals surface area contributed by atoms with Crippen molar-refractivity contribution in [3.05, 3.63) is 22.3 Å². The molecule has 3 rings (SSSR count). The zero-order valence-electron chi connectivity index (χ0n) is 16.6. The number of amides is 1. The minimum absolute atomic E-state index is 0. The highest BCUT2D eigenvalue weighted by Gasteiger charge is 2.59. The van der Waals surface area contributed by atoms with Gasteiger partial charge in [0.2, 0.25) is 11.7 Å². The lowest BCUT2D eigenvalue weighted by Gasteiger charge is -2.49.